The van der Waals surface area contributed by atoms with Crippen LogP contribution in [0.15, 0.2) is 23.8 Å². The zero-order chi connectivity index (χ0) is 18.6. The monoisotopic (exact) mass is 350 g/mol. The standard InChI is InChI=1S/C23H42O2/c1-4-5-6-7-8-9-10-11-12-13-14-15-16-17-21-18-19-22(2,24)23(3,25)20-21/h18-20,24-25H,4-17H2,1-3H3. The first-order valence-electron chi connectivity index (χ1n) is 10.7. The van der Waals surface area contributed by atoms with Crippen LogP contribution < -0.4 is 0 Å². The molecule has 0 aliphatic heterocycles. The molecule has 2 atom stereocenters. The Bertz CT molecular complexity index is 404. The maximum atomic E-state index is 10.3. The van der Waals surface area contributed by atoms with E-state index in [-0.39, 0.29) is 0 Å². The van der Waals surface area contributed by atoms with Gasteiger partial charge < -0.3 is 10.2 Å². The fraction of sp³-hybridized carbons (Fsp3) is 0.826. The fourth-order valence-electron chi connectivity index (χ4n) is 3.50. The topological polar surface area (TPSA) is 40.5 Å². The molecule has 2 unspecified atom stereocenters. The summed E-state index contributed by atoms with van der Waals surface area (Å²) in [6.07, 6.45) is 24.3. The predicted octanol–water partition coefficient (Wildman–Crippen LogP) is 6.47. The highest BCUT2D eigenvalue weighted by atomic mass is 16.4. The predicted molar refractivity (Wildman–Crippen MR) is 109 cm³/mol. The van der Waals surface area contributed by atoms with Crippen LogP contribution in [0.3, 0.4) is 0 Å². The maximum absolute atomic E-state index is 10.3. The Balaban J connectivity index is 1.94. The molecule has 0 amide bonds. The van der Waals surface area contributed by atoms with E-state index in [0.717, 1.165) is 12.0 Å². The van der Waals surface area contributed by atoms with Crippen molar-refractivity contribution in [2.75, 3.05) is 0 Å². The lowest BCUT2D eigenvalue weighted by Crippen LogP contribution is -2.48. The second-order valence-corrected chi connectivity index (χ2v) is 8.34. The Morgan fingerprint density at radius 2 is 1.12 bits per heavy atom. The molecular weight excluding hydrogens is 308 g/mol. The molecular formula is C23H42O2. The van der Waals surface area contributed by atoms with E-state index in [1.165, 1.54) is 83.5 Å². The van der Waals surface area contributed by atoms with Gasteiger partial charge in [-0.25, -0.2) is 0 Å². The Kier molecular flexibility index (Phi) is 10.7. The molecule has 1 aliphatic rings. The molecule has 1 rings (SSSR count). The van der Waals surface area contributed by atoms with Gasteiger partial charge in [-0.1, -0.05) is 90.0 Å². The Morgan fingerprint density at radius 3 is 1.56 bits per heavy atom. The highest BCUT2D eigenvalue weighted by Gasteiger charge is 2.39. The number of unbranched alkanes of at least 4 members (excludes halogenated alkanes) is 12. The lowest BCUT2D eigenvalue weighted by molar-refractivity contribution is -0.0705. The SMILES string of the molecule is CCCCCCCCCCCCCCCC1=CC(C)(O)C(C)(O)C=C1. The quantitative estimate of drug-likeness (QED) is 0.353. The van der Waals surface area contributed by atoms with Gasteiger partial charge in [0.05, 0.1) is 0 Å². The number of aliphatic hydroxyl groups is 2. The van der Waals surface area contributed by atoms with Crippen LogP contribution in [-0.4, -0.2) is 21.4 Å². The molecule has 0 aromatic carbocycles. The first-order chi connectivity index (χ1) is 11.9. The van der Waals surface area contributed by atoms with Crippen LogP contribution in [0.5, 0.6) is 0 Å². The molecule has 25 heavy (non-hydrogen) atoms. The van der Waals surface area contributed by atoms with Gasteiger partial charge in [0, 0.05) is 0 Å². The van der Waals surface area contributed by atoms with Crippen LogP contribution in [0.4, 0.5) is 0 Å². The lowest BCUT2D eigenvalue weighted by atomic mass is 9.79. The van der Waals surface area contributed by atoms with Gasteiger partial charge in [-0.2, -0.15) is 0 Å². The summed E-state index contributed by atoms with van der Waals surface area (Å²) in [6.45, 7) is 5.61. The normalized spacial score (nSPS) is 26.0. The third kappa shape index (κ3) is 9.06. The summed E-state index contributed by atoms with van der Waals surface area (Å²) >= 11 is 0. The largest absolute Gasteiger partial charge is 0.383 e. The molecule has 2 heteroatoms. The molecule has 0 heterocycles. The third-order valence-corrected chi connectivity index (χ3v) is 5.68. The Hall–Kier alpha value is -0.600. The molecule has 0 radical (unpaired) electrons. The summed E-state index contributed by atoms with van der Waals surface area (Å²) < 4.78 is 0. The van der Waals surface area contributed by atoms with E-state index in [9.17, 15) is 10.2 Å². The second-order valence-electron chi connectivity index (χ2n) is 8.34. The van der Waals surface area contributed by atoms with Crippen molar-refractivity contribution in [2.24, 2.45) is 0 Å². The van der Waals surface area contributed by atoms with Crippen molar-refractivity contribution in [3.05, 3.63) is 23.8 Å². The van der Waals surface area contributed by atoms with Crippen LogP contribution in [0.1, 0.15) is 111 Å². The zero-order valence-electron chi connectivity index (χ0n) is 17.0. The molecule has 2 nitrogen and oxygen atoms in total. The first-order valence-corrected chi connectivity index (χ1v) is 10.7. The highest BCUT2D eigenvalue weighted by molar-refractivity contribution is 5.34. The van der Waals surface area contributed by atoms with Crippen molar-refractivity contribution in [3.63, 3.8) is 0 Å². The molecule has 0 saturated carbocycles. The lowest BCUT2D eigenvalue weighted by Gasteiger charge is -2.37. The minimum atomic E-state index is -1.16. The van der Waals surface area contributed by atoms with Crippen molar-refractivity contribution >= 4 is 0 Å². The molecule has 146 valence electrons. The van der Waals surface area contributed by atoms with Gasteiger partial charge in [0.2, 0.25) is 0 Å². The van der Waals surface area contributed by atoms with Gasteiger partial charge in [0.1, 0.15) is 11.2 Å². The molecule has 0 bridgehead atoms. The number of hydrogen-bond donors (Lipinski definition) is 2. The molecule has 0 aromatic rings. The zero-order valence-corrected chi connectivity index (χ0v) is 17.0. The fourth-order valence-corrected chi connectivity index (χ4v) is 3.50. The molecule has 0 spiro atoms. The van der Waals surface area contributed by atoms with E-state index < -0.39 is 11.2 Å². The van der Waals surface area contributed by atoms with Gasteiger partial charge >= 0.3 is 0 Å². The molecule has 0 fully saturated rings. The first kappa shape index (κ1) is 22.4. The van der Waals surface area contributed by atoms with E-state index in [1.54, 1.807) is 19.9 Å². The molecule has 0 saturated heterocycles. The summed E-state index contributed by atoms with van der Waals surface area (Å²) in [4.78, 5) is 0. The van der Waals surface area contributed by atoms with Crippen LogP contribution in [0.25, 0.3) is 0 Å². The van der Waals surface area contributed by atoms with Crippen molar-refractivity contribution < 1.29 is 10.2 Å². The van der Waals surface area contributed by atoms with Gasteiger partial charge in [0.15, 0.2) is 0 Å². The minimum absolute atomic E-state index is 1.00. The second kappa shape index (κ2) is 11.9. The van der Waals surface area contributed by atoms with Gasteiger partial charge in [-0.15, -0.1) is 0 Å². The van der Waals surface area contributed by atoms with Crippen LogP contribution >= 0.6 is 0 Å². The van der Waals surface area contributed by atoms with Crippen molar-refractivity contribution in [1.29, 1.82) is 0 Å². The Labute approximate surface area is 156 Å². The Morgan fingerprint density at radius 1 is 0.680 bits per heavy atom. The summed E-state index contributed by atoms with van der Waals surface area (Å²) in [5.74, 6) is 0. The van der Waals surface area contributed by atoms with Crippen molar-refractivity contribution in [1.82, 2.24) is 0 Å². The molecule has 1 aliphatic carbocycles. The van der Waals surface area contributed by atoms with Crippen LogP contribution in [0.2, 0.25) is 0 Å². The van der Waals surface area contributed by atoms with E-state index in [4.69, 9.17) is 0 Å². The average molecular weight is 351 g/mol. The minimum Gasteiger partial charge on any atom is -0.383 e. The number of rotatable bonds is 14. The van der Waals surface area contributed by atoms with E-state index in [0.29, 0.717) is 0 Å². The molecule has 0 aromatic heterocycles. The van der Waals surface area contributed by atoms with E-state index >= 15 is 0 Å². The van der Waals surface area contributed by atoms with Crippen LogP contribution in [0, 0.1) is 0 Å². The number of hydrogen-bond acceptors (Lipinski definition) is 2. The summed E-state index contributed by atoms with van der Waals surface area (Å²) in [7, 11) is 0. The summed E-state index contributed by atoms with van der Waals surface area (Å²) in [6, 6.07) is 0. The number of allylic oxidation sites excluding steroid dienone is 2. The third-order valence-electron chi connectivity index (χ3n) is 5.68. The summed E-state index contributed by atoms with van der Waals surface area (Å²) in [5.41, 5.74) is -1.17. The van der Waals surface area contributed by atoms with E-state index in [1.807, 2.05) is 12.2 Å². The highest BCUT2D eigenvalue weighted by Crippen LogP contribution is 2.32. The van der Waals surface area contributed by atoms with Gasteiger partial charge in [-0.3, -0.25) is 0 Å². The van der Waals surface area contributed by atoms with Crippen molar-refractivity contribution in [2.45, 2.75) is 122 Å². The van der Waals surface area contributed by atoms with Gasteiger partial charge in [-0.05, 0) is 44.4 Å². The van der Waals surface area contributed by atoms with Crippen LogP contribution in [-0.2, 0) is 0 Å². The smallest absolute Gasteiger partial charge is 0.112 e. The van der Waals surface area contributed by atoms with Crippen molar-refractivity contribution in [3.8, 4) is 0 Å². The van der Waals surface area contributed by atoms with E-state index in [2.05, 4.69) is 6.92 Å². The molecule has 2 N–H and O–H groups in total. The maximum Gasteiger partial charge on any atom is 0.112 e. The average Bonchev–Trinajstić information content (AvgIpc) is 2.55. The summed E-state index contributed by atoms with van der Waals surface area (Å²) in [5, 5.41) is 20.4. The van der Waals surface area contributed by atoms with Gasteiger partial charge in [0.25, 0.3) is 0 Å².